The molecule has 0 spiro atoms. The zero-order valence-corrected chi connectivity index (χ0v) is 12.3. The zero-order valence-electron chi connectivity index (χ0n) is 12.3. The number of methoxy groups -OCH3 is 1. The Labute approximate surface area is 124 Å². The van der Waals surface area contributed by atoms with Gasteiger partial charge < -0.3 is 25.0 Å². The molecule has 3 unspecified atom stereocenters. The van der Waals surface area contributed by atoms with Gasteiger partial charge in [-0.1, -0.05) is 0 Å². The van der Waals surface area contributed by atoms with Crippen LogP contribution in [0.1, 0.15) is 19.3 Å². The highest BCUT2D eigenvalue weighted by Gasteiger charge is 2.40. The highest BCUT2D eigenvalue weighted by atomic mass is 16.5. The number of carbonyl (C=O) groups excluding carboxylic acids is 2. The number of rotatable bonds is 4. The molecule has 3 atom stereocenters. The summed E-state index contributed by atoms with van der Waals surface area (Å²) in [6.07, 6.45) is 2.79. The number of ether oxygens (including phenoxy) is 2. The second kappa shape index (κ2) is 6.29. The summed E-state index contributed by atoms with van der Waals surface area (Å²) in [5.41, 5.74) is 0. The van der Waals surface area contributed by atoms with E-state index in [9.17, 15) is 9.59 Å². The molecule has 21 heavy (non-hydrogen) atoms. The van der Waals surface area contributed by atoms with Crippen LogP contribution in [-0.4, -0.2) is 74.4 Å². The quantitative estimate of drug-likeness (QED) is 0.686. The molecule has 0 bridgehead atoms. The Morgan fingerprint density at radius 3 is 2.86 bits per heavy atom. The first-order chi connectivity index (χ1) is 10.2. The van der Waals surface area contributed by atoms with Crippen LogP contribution in [0.4, 0.5) is 0 Å². The van der Waals surface area contributed by atoms with Gasteiger partial charge in [-0.05, 0) is 19.3 Å². The maximum absolute atomic E-state index is 12.7. The van der Waals surface area contributed by atoms with E-state index >= 15 is 0 Å². The van der Waals surface area contributed by atoms with Crippen LogP contribution in [0.5, 0.6) is 0 Å². The number of hydrogen-bond acceptors (Lipinski definition) is 5. The third kappa shape index (κ3) is 3.36. The normalized spacial score (nSPS) is 33.0. The van der Waals surface area contributed by atoms with Gasteiger partial charge in [-0.15, -0.1) is 0 Å². The first-order valence-electron chi connectivity index (χ1n) is 7.64. The lowest BCUT2D eigenvalue weighted by atomic mass is 10.1. The van der Waals surface area contributed by atoms with Crippen molar-refractivity contribution in [2.45, 2.75) is 43.5 Å². The van der Waals surface area contributed by atoms with Crippen molar-refractivity contribution >= 4 is 11.8 Å². The largest absolute Gasteiger partial charge is 0.380 e. The summed E-state index contributed by atoms with van der Waals surface area (Å²) in [4.78, 5) is 26.6. The Morgan fingerprint density at radius 2 is 2.19 bits per heavy atom. The summed E-state index contributed by atoms with van der Waals surface area (Å²) in [5.74, 6) is -0.111. The lowest BCUT2D eigenvalue weighted by Crippen LogP contribution is -2.59. The van der Waals surface area contributed by atoms with Gasteiger partial charge in [-0.3, -0.25) is 9.59 Å². The maximum atomic E-state index is 12.7. The summed E-state index contributed by atoms with van der Waals surface area (Å²) in [6.45, 7) is 1.91. The van der Waals surface area contributed by atoms with Crippen LogP contribution in [0.25, 0.3) is 0 Å². The minimum atomic E-state index is -0.504. The second-order valence-electron chi connectivity index (χ2n) is 5.96. The first kappa shape index (κ1) is 14.7. The van der Waals surface area contributed by atoms with Crippen LogP contribution in [-0.2, 0) is 19.1 Å². The monoisotopic (exact) mass is 297 g/mol. The van der Waals surface area contributed by atoms with Crippen molar-refractivity contribution in [2.24, 2.45) is 0 Å². The average molecular weight is 297 g/mol. The third-order valence-electron chi connectivity index (χ3n) is 4.36. The summed E-state index contributed by atoms with van der Waals surface area (Å²) in [6, 6.07) is -0.474. The Balaban J connectivity index is 1.62. The smallest absolute Gasteiger partial charge is 0.245 e. The van der Waals surface area contributed by atoms with Gasteiger partial charge in [-0.25, -0.2) is 0 Å². The lowest BCUT2D eigenvalue weighted by molar-refractivity contribution is -0.150. The van der Waals surface area contributed by atoms with E-state index in [1.54, 1.807) is 12.0 Å². The van der Waals surface area contributed by atoms with Crippen molar-refractivity contribution < 1.29 is 19.1 Å². The highest BCUT2D eigenvalue weighted by Crippen LogP contribution is 2.20. The van der Waals surface area contributed by atoms with Crippen molar-refractivity contribution in [2.75, 3.05) is 33.4 Å². The van der Waals surface area contributed by atoms with Gasteiger partial charge in [0.2, 0.25) is 11.8 Å². The molecule has 7 heteroatoms. The molecule has 2 aliphatic heterocycles. The van der Waals surface area contributed by atoms with Crippen LogP contribution >= 0.6 is 0 Å². The van der Waals surface area contributed by atoms with Crippen molar-refractivity contribution in [1.82, 2.24) is 15.5 Å². The molecule has 3 fully saturated rings. The molecular weight excluding hydrogens is 274 g/mol. The molecule has 2 heterocycles. The fourth-order valence-corrected chi connectivity index (χ4v) is 2.88. The maximum Gasteiger partial charge on any atom is 0.245 e. The summed E-state index contributed by atoms with van der Waals surface area (Å²) < 4.78 is 10.7. The highest BCUT2D eigenvalue weighted by molar-refractivity contribution is 5.90. The van der Waals surface area contributed by atoms with E-state index in [0.717, 1.165) is 12.8 Å². The van der Waals surface area contributed by atoms with Gasteiger partial charge in [0.15, 0.2) is 0 Å². The van der Waals surface area contributed by atoms with Crippen LogP contribution < -0.4 is 10.6 Å². The standard InChI is InChI=1S/C14H23N3O4/c1-20-10-6-11(15-7-10)14(19)17-4-5-21-8-12(17)13(18)16-9-2-3-9/h9-12,15H,2-8H2,1H3,(H,16,18). The summed E-state index contributed by atoms with van der Waals surface area (Å²) in [5, 5.41) is 6.14. The van der Waals surface area contributed by atoms with Gasteiger partial charge in [0.05, 0.1) is 25.4 Å². The van der Waals surface area contributed by atoms with Gasteiger partial charge >= 0.3 is 0 Å². The predicted molar refractivity (Wildman–Crippen MR) is 74.7 cm³/mol. The van der Waals surface area contributed by atoms with Gasteiger partial charge in [-0.2, -0.15) is 0 Å². The molecule has 2 amide bonds. The third-order valence-corrected chi connectivity index (χ3v) is 4.36. The van der Waals surface area contributed by atoms with Gasteiger partial charge in [0.1, 0.15) is 6.04 Å². The van der Waals surface area contributed by atoms with Crippen LogP contribution in [0.15, 0.2) is 0 Å². The molecule has 0 aromatic carbocycles. The fourth-order valence-electron chi connectivity index (χ4n) is 2.88. The van der Waals surface area contributed by atoms with Crippen LogP contribution in [0.2, 0.25) is 0 Å². The van der Waals surface area contributed by atoms with Crippen LogP contribution in [0, 0.1) is 0 Å². The molecule has 1 aliphatic carbocycles. The number of carbonyl (C=O) groups is 2. The summed E-state index contributed by atoms with van der Waals surface area (Å²) in [7, 11) is 1.65. The van der Waals surface area contributed by atoms with E-state index in [1.807, 2.05) is 0 Å². The SMILES string of the molecule is COC1CNC(C(=O)N2CCOCC2C(=O)NC2CC2)C1. The minimum Gasteiger partial charge on any atom is -0.380 e. The van der Waals surface area contributed by atoms with Crippen molar-refractivity contribution in [1.29, 1.82) is 0 Å². The zero-order chi connectivity index (χ0) is 14.8. The molecule has 2 saturated heterocycles. The Morgan fingerprint density at radius 1 is 1.38 bits per heavy atom. The van der Waals surface area contributed by atoms with E-state index in [-0.39, 0.29) is 30.6 Å². The number of nitrogens with zero attached hydrogens (tertiary/aromatic N) is 1. The van der Waals surface area contributed by atoms with E-state index in [1.165, 1.54) is 0 Å². The number of amides is 2. The molecular formula is C14H23N3O4. The lowest BCUT2D eigenvalue weighted by Gasteiger charge is -2.36. The van der Waals surface area contributed by atoms with E-state index in [0.29, 0.717) is 32.2 Å². The molecule has 7 nitrogen and oxygen atoms in total. The molecule has 2 N–H and O–H groups in total. The molecule has 118 valence electrons. The van der Waals surface area contributed by atoms with Gasteiger partial charge in [0.25, 0.3) is 0 Å². The topological polar surface area (TPSA) is 79.9 Å². The predicted octanol–water partition coefficient (Wildman–Crippen LogP) is -1.13. The molecule has 0 aromatic heterocycles. The molecule has 0 aromatic rings. The van der Waals surface area contributed by atoms with E-state index in [2.05, 4.69) is 10.6 Å². The van der Waals surface area contributed by atoms with Crippen molar-refractivity contribution in [3.63, 3.8) is 0 Å². The second-order valence-corrected chi connectivity index (χ2v) is 5.96. The Hall–Kier alpha value is -1.18. The van der Waals surface area contributed by atoms with Crippen molar-refractivity contribution in [3.8, 4) is 0 Å². The molecule has 1 saturated carbocycles. The number of nitrogens with one attached hydrogen (secondary N) is 2. The van der Waals surface area contributed by atoms with Crippen LogP contribution in [0.3, 0.4) is 0 Å². The average Bonchev–Trinajstić information content (AvgIpc) is 3.19. The van der Waals surface area contributed by atoms with E-state index < -0.39 is 6.04 Å². The first-order valence-corrected chi connectivity index (χ1v) is 7.64. The molecule has 3 aliphatic rings. The summed E-state index contributed by atoms with van der Waals surface area (Å²) >= 11 is 0. The Bertz CT molecular complexity index is 413. The molecule has 3 rings (SSSR count). The van der Waals surface area contributed by atoms with E-state index in [4.69, 9.17) is 9.47 Å². The van der Waals surface area contributed by atoms with Crippen molar-refractivity contribution in [3.05, 3.63) is 0 Å². The fraction of sp³-hybridized carbons (Fsp3) is 0.857. The number of hydrogen-bond donors (Lipinski definition) is 2. The minimum absolute atomic E-state index is 0.0196. The van der Waals surface area contributed by atoms with Gasteiger partial charge in [0, 0.05) is 26.2 Å². The number of morpholine rings is 1. The molecule has 0 radical (unpaired) electrons. The Kier molecular flexibility index (Phi) is 4.42.